The van der Waals surface area contributed by atoms with Crippen molar-refractivity contribution in [3.63, 3.8) is 0 Å². The summed E-state index contributed by atoms with van der Waals surface area (Å²) >= 11 is 0. The van der Waals surface area contributed by atoms with Crippen molar-refractivity contribution < 1.29 is 10.2 Å². The Kier molecular flexibility index (Phi) is 7.06. The smallest absolute Gasteiger partial charge is 0.332 e. The Morgan fingerprint density at radius 1 is 0.882 bits per heavy atom. The summed E-state index contributed by atoms with van der Waals surface area (Å²) in [6.07, 6.45) is -1.07. The quantitative estimate of drug-likeness (QED) is 0.384. The van der Waals surface area contributed by atoms with Crippen molar-refractivity contribution in [3.8, 4) is 0 Å². The molecule has 9 nitrogen and oxygen atoms in total. The molecule has 0 radical (unpaired) electrons. The van der Waals surface area contributed by atoms with Gasteiger partial charge in [0.15, 0.2) is 11.2 Å². The number of aliphatic hydroxyl groups excluding tert-OH is 2. The van der Waals surface area contributed by atoms with Gasteiger partial charge in [0, 0.05) is 27.2 Å². The predicted octanol–water partition coefficient (Wildman–Crippen LogP) is 0.989. The van der Waals surface area contributed by atoms with Crippen LogP contribution in [0.25, 0.3) is 11.2 Å². The van der Waals surface area contributed by atoms with Crippen molar-refractivity contribution in [3.05, 3.63) is 98.5 Å². The third-order valence-electron chi connectivity index (χ3n) is 5.89. The number of fused-ring (bicyclic) bond motifs is 1. The van der Waals surface area contributed by atoms with Gasteiger partial charge in [-0.25, -0.2) is 9.78 Å². The minimum Gasteiger partial charge on any atom is -0.394 e. The Balaban J connectivity index is 1.80. The molecule has 0 unspecified atom stereocenters. The van der Waals surface area contributed by atoms with E-state index in [-0.39, 0.29) is 17.7 Å². The van der Waals surface area contributed by atoms with E-state index in [0.29, 0.717) is 25.5 Å². The first-order valence-corrected chi connectivity index (χ1v) is 11.1. The Hall–Kier alpha value is -3.53. The molecule has 0 bridgehead atoms. The van der Waals surface area contributed by atoms with Crippen LogP contribution >= 0.6 is 0 Å². The van der Waals surface area contributed by atoms with E-state index in [1.54, 1.807) is 11.6 Å². The molecule has 0 spiro atoms. The highest BCUT2D eigenvalue weighted by molar-refractivity contribution is 5.71. The molecule has 0 saturated carbocycles. The van der Waals surface area contributed by atoms with Gasteiger partial charge in [0.1, 0.15) is 5.82 Å². The number of hydrogen-bond acceptors (Lipinski definition) is 6. The number of aryl methyl sites for hydroxylation is 1. The molecule has 0 aliphatic heterocycles. The lowest BCUT2D eigenvalue weighted by Gasteiger charge is -2.23. The van der Waals surface area contributed by atoms with Gasteiger partial charge in [-0.3, -0.25) is 18.8 Å². The normalized spacial score (nSPS) is 12.5. The van der Waals surface area contributed by atoms with Crippen LogP contribution in [0.15, 0.2) is 70.3 Å². The van der Waals surface area contributed by atoms with Crippen LogP contribution in [0.5, 0.6) is 0 Å². The molecule has 0 saturated heterocycles. The van der Waals surface area contributed by atoms with Gasteiger partial charge in [-0.05, 0) is 11.1 Å². The first kappa shape index (κ1) is 23.6. The minimum absolute atomic E-state index is 0.0136. The summed E-state index contributed by atoms with van der Waals surface area (Å²) in [6, 6.07) is 20.1. The lowest BCUT2D eigenvalue weighted by Crippen LogP contribution is -2.38. The lowest BCUT2D eigenvalue weighted by molar-refractivity contribution is 0.0805. The number of rotatable bonds is 9. The second-order valence-corrected chi connectivity index (χ2v) is 8.47. The number of nitrogens with zero attached hydrogens (tertiary/aromatic N) is 5. The van der Waals surface area contributed by atoms with Gasteiger partial charge >= 0.3 is 5.69 Å². The Labute approximate surface area is 196 Å². The fourth-order valence-electron chi connectivity index (χ4n) is 4.13. The monoisotopic (exact) mass is 463 g/mol. The predicted molar refractivity (Wildman–Crippen MR) is 129 cm³/mol. The average Bonchev–Trinajstić information content (AvgIpc) is 3.20. The lowest BCUT2D eigenvalue weighted by atomic mass is 10.1. The highest BCUT2D eigenvalue weighted by Gasteiger charge is 2.22. The van der Waals surface area contributed by atoms with Crippen molar-refractivity contribution >= 4 is 11.2 Å². The van der Waals surface area contributed by atoms with Crippen molar-refractivity contribution in [2.75, 3.05) is 6.61 Å². The van der Waals surface area contributed by atoms with E-state index in [2.05, 4.69) is 34.1 Å². The number of aliphatic hydroxyl groups is 2. The fourth-order valence-corrected chi connectivity index (χ4v) is 4.13. The maximum atomic E-state index is 13.0. The van der Waals surface area contributed by atoms with E-state index in [0.717, 1.165) is 15.7 Å². The number of benzene rings is 2. The van der Waals surface area contributed by atoms with Crippen molar-refractivity contribution in [2.24, 2.45) is 14.1 Å². The summed E-state index contributed by atoms with van der Waals surface area (Å²) in [5.41, 5.74) is 1.78. The van der Waals surface area contributed by atoms with E-state index < -0.39 is 24.0 Å². The van der Waals surface area contributed by atoms with Gasteiger partial charge in [-0.2, -0.15) is 0 Å². The van der Waals surface area contributed by atoms with Crippen LogP contribution in [0.3, 0.4) is 0 Å². The molecule has 4 rings (SSSR count). The Morgan fingerprint density at radius 3 is 1.97 bits per heavy atom. The van der Waals surface area contributed by atoms with E-state index in [9.17, 15) is 19.8 Å². The number of aromatic nitrogens is 4. The summed E-state index contributed by atoms with van der Waals surface area (Å²) in [5.74, 6) is 0.535. The molecule has 0 fully saturated rings. The topological polar surface area (TPSA) is 106 Å². The van der Waals surface area contributed by atoms with Crippen LogP contribution in [-0.4, -0.2) is 46.5 Å². The van der Waals surface area contributed by atoms with Gasteiger partial charge in [-0.15, -0.1) is 0 Å². The maximum Gasteiger partial charge on any atom is 0.332 e. The zero-order valence-electron chi connectivity index (χ0n) is 19.3. The van der Waals surface area contributed by atoms with E-state index in [1.807, 2.05) is 36.4 Å². The van der Waals surface area contributed by atoms with Crippen LogP contribution in [0.4, 0.5) is 0 Å². The SMILES string of the molecule is Cn1c(=O)c2c(nc(CN(Cc3ccccc3)Cc3ccccc3)n2C[C@@H](O)CO)n(C)c1=O. The summed E-state index contributed by atoms with van der Waals surface area (Å²) < 4.78 is 3.99. The van der Waals surface area contributed by atoms with E-state index >= 15 is 0 Å². The third kappa shape index (κ3) is 4.86. The maximum absolute atomic E-state index is 13.0. The van der Waals surface area contributed by atoms with Crippen molar-refractivity contribution in [1.82, 2.24) is 23.6 Å². The first-order valence-electron chi connectivity index (χ1n) is 11.1. The standard InChI is InChI=1S/C25H29N5O4/c1-27-23-22(24(33)28(2)25(27)34)30(15-20(32)17-31)21(26-23)16-29(13-18-9-5-3-6-10-18)14-19-11-7-4-8-12-19/h3-12,20,31-32H,13-17H2,1-2H3/t20-/m1/s1. The van der Waals surface area contributed by atoms with Gasteiger partial charge in [-0.1, -0.05) is 60.7 Å². The van der Waals surface area contributed by atoms with Crippen LogP contribution in [0.1, 0.15) is 17.0 Å². The number of imidazole rings is 1. The molecule has 9 heteroatoms. The second-order valence-electron chi connectivity index (χ2n) is 8.47. The molecular weight excluding hydrogens is 434 g/mol. The highest BCUT2D eigenvalue weighted by atomic mass is 16.3. The van der Waals surface area contributed by atoms with Crippen LogP contribution in [-0.2, 0) is 40.3 Å². The Bertz CT molecular complexity index is 1330. The molecule has 178 valence electrons. The summed E-state index contributed by atoms with van der Waals surface area (Å²) in [5, 5.41) is 19.7. The molecule has 0 aliphatic carbocycles. The fraction of sp³-hybridized carbons (Fsp3) is 0.320. The van der Waals surface area contributed by atoms with E-state index in [4.69, 9.17) is 0 Å². The van der Waals surface area contributed by atoms with E-state index in [1.165, 1.54) is 11.6 Å². The third-order valence-corrected chi connectivity index (χ3v) is 5.89. The van der Waals surface area contributed by atoms with Crippen LogP contribution in [0.2, 0.25) is 0 Å². The minimum atomic E-state index is -1.07. The highest BCUT2D eigenvalue weighted by Crippen LogP contribution is 2.18. The molecule has 1 atom stereocenters. The molecular formula is C25H29N5O4. The molecule has 2 heterocycles. The van der Waals surface area contributed by atoms with Crippen LogP contribution in [0, 0.1) is 0 Å². The zero-order valence-corrected chi connectivity index (χ0v) is 19.3. The van der Waals surface area contributed by atoms with Gasteiger partial charge in [0.2, 0.25) is 0 Å². The number of hydrogen-bond donors (Lipinski definition) is 2. The van der Waals surface area contributed by atoms with Crippen molar-refractivity contribution in [1.29, 1.82) is 0 Å². The summed E-state index contributed by atoms with van der Waals surface area (Å²) in [4.78, 5) is 32.3. The molecule has 2 aromatic heterocycles. The van der Waals surface area contributed by atoms with Crippen molar-refractivity contribution in [2.45, 2.75) is 32.3 Å². The molecule has 4 aromatic rings. The Morgan fingerprint density at radius 2 is 1.44 bits per heavy atom. The van der Waals surface area contributed by atoms with Crippen LogP contribution < -0.4 is 11.2 Å². The van der Waals surface area contributed by atoms with Gasteiger partial charge < -0.3 is 14.8 Å². The molecule has 2 aromatic carbocycles. The second kappa shape index (κ2) is 10.2. The van der Waals surface area contributed by atoms with Gasteiger partial charge in [0.05, 0.1) is 25.8 Å². The molecule has 0 aliphatic rings. The summed E-state index contributed by atoms with van der Waals surface area (Å²) in [7, 11) is 2.99. The first-order chi connectivity index (χ1) is 16.4. The molecule has 0 amide bonds. The zero-order chi connectivity index (χ0) is 24.2. The largest absolute Gasteiger partial charge is 0.394 e. The summed E-state index contributed by atoms with van der Waals surface area (Å²) in [6.45, 7) is 1.17. The molecule has 2 N–H and O–H groups in total. The van der Waals surface area contributed by atoms with Gasteiger partial charge in [0.25, 0.3) is 5.56 Å². The molecule has 34 heavy (non-hydrogen) atoms. The average molecular weight is 464 g/mol.